The van der Waals surface area contributed by atoms with Gasteiger partial charge in [0.15, 0.2) is 9.84 Å². The maximum Gasteiger partial charge on any atom is 0.175 e. The van der Waals surface area contributed by atoms with Gasteiger partial charge in [-0.2, -0.15) is 0 Å². The monoisotopic (exact) mass is 341 g/mol. The number of imidazole rings is 1. The first-order chi connectivity index (χ1) is 11.5. The van der Waals surface area contributed by atoms with E-state index in [1.165, 1.54) is 11.8 Å². The topological polar surface area (TPSA) is 64.8 Å². The quantitative estimate of drug-likeness (QED) is 0.714. The molecule has 0 saturated heterocycles. The number of nitrogens with zero attached hydrogens (tertiary/aromatic N) is 3. The molecular weight excluding hydrogens is 322 g/mol. The van der Waals surface area contributed by atoms with Gasteiger partial charge in [0.2, 0.25) is 0 Å². The average molecular weight is 341 g/mol. The Morgan fingerprint density at radius 1 is 1.04 bits per heavy atom. The number of aromatic nitrogens is 3. The van der Waals surface area contributed by atoms with Crippen molar-refractivity contribution in [1.82, 2.24) is 14.5 Å². The molecule has 3 rings (SSSR count). The molecular formula is C18H19N3O2S. The average Bonchev–Trinajstić information content (AvgIpc) is 3.05. The van der Waals surface area contributed by atoms with Crippen molar-refractivity contribution in [3.05, 3.63) is 66.7 Å². The highest BCUT2D eigenvalue weighted by Gasteiger charge is 2.16. The van der Waals surface area contributed by atoms with Crippen LogP contribution < -0.4 is 0 Å². The lowest BCUT2D eigenvalue weighted by molar-refractivity contribution is 0.571. The smallest absolute Gasteiger partial charge is 0.175 e. The molecule has 2 heterocycles. The van der Waals surface area contributed by atoms with Gasteiger partial charge < -0.3 is 4.57 Å². The van der Waals surface area contributed by atoms with Crippen molar-refractivity contribution in [2.75, 3.05) is 6.26 Å². The molecule has 5 nitrogen and oxygen atoms in total. The fraction of sp³-hybridized carbons (Fsp3) is 0.222. The van der Waals surface area contributed by atoms with Crippen LogP contribution in [0.1, 0.15) is 24.9 Å². The second-order valence-electron chi connectivity index (χ2n) is 5.66. The normalized spacial score (nSPS) is 12.9. The van der Waals surface area contributed by atoms with E-state index in [1.807, 2.05) is 18.3 Å². The molecule has 0 bridgehead atoms. The van der Waals surface area contributed by atoms with Crippen molar-refractivity contribution in [2.24, 2.45) is 0 Å². The molecule has 0 N–H and O–H groups in total. The fourth-order valence-corrected chi connectivity index (χ4v) is 3.45. The zero-order valence-corrected chi connectivity index (χ0v) is 14.4. The van der Waals surface area contributed by atoms with E-state index in [0.717, 1.165) is 17.8 Å². The van der Waals surface area contributed by atoms with Gasteiger partial charge >= 0.3 is 0 Å². The van der Waals surface area contributed by atoms with Crippen LogP contribution in [0.25, 0.3) is 11.4 Å². The van der Waals surface area contributed by atoms with Crippen molar-refractivity contribution in [3.63, 3.8) is 0 Å². The molecule has 0 fully saturated rings. The van der Waals surface area contributed by atoms with Crippen LogP contribution in [0.3, 0.4) is 0 Å². The molecule has 0 aliphatic carbocycles. The highest BCUT2D eigenvalue weighted by atomic mass is 32.2. The molecule has 0 unspecified atom stereocenters. The predicted molar refractivity (Wildman–Crippen MR) is 93.4 cm³/mol. The van der Waals surface area contributed by atoms with Crippen molar-refractivity contribution < 1.29 is 8.42 Å². The number of sulfone groups is 1. The second kappa shape index (κ2) is 6.57. The summed E-state index contributed by atoms with van der Waals surface area (Å²) < 4.78 is 25.3. The Morgan fingerprint density at radius 3 is 2.29 bits per heavy atom. The van der Waals surface area contributed by atoms with Crippen LogP contribution in [-0.2, 0) is 9.84 Å². The lowest BCUT2D eigenvalue weighted by atomic mass is 10.1. The summed E-state index contributed by atoms with van der Waals surface area (Å²) >= 11 is 0. The van der Waals surface area contributed by atoms with E-state index in [2.05, 4.69) is 21.5 Å². The van der Waals surface area contributed by atoms with Crippen LogP contribution in [-0.4, -0.2) is 29.2 Å². The van der Waals surface area contributed by atoms with E-state index in [0.29, 0.717) is 4.90 Å². The molecule has 1 atom stereocenters. The third-order valence-corrected chi connectivity index (χ3v) is 5.15. The standard InChI is InChI=1S/C18H19N3O2S/c1-3-17(14-8-10-19-11-9-14)21-13-12-20-18(21)15-4-6-16(7-5-15)24(2,22)23/h4-13,17H,3H2,1-2H3/t17-/m1/s1. The lowest BCUT2D eigenvalue weighted by Crippen LogP contribution is -2.10. The van der Waals surface area contributed by atoms with Crippen molar-refractivity contribution >= 4 is 9.84 Å². The van der Waals surface area contributed by atoms with Crippen molar-refractivity contribution in [2.45, 2.75) is 24.3 Å². The Labute approximate surface area is 141 Å². The largest absolute Gasteiger partial charge is 0.324 e. The summed E-state index contributed by atoms with van der Waals surface area (Å²) in [5.74, 6) is 0.818. The third kappa shape index (κ3) is 3.23. The summed E-state index contributed by atoms with van der Waals surface area (Å²) in [6.07, 6.45) is 9.41. The first-order valence-corrected chi connectivity index (χ1v) is 9.63. The van der Waals surface area contributed by atoms with Gasteiger partial charge in [0.25, 0.3) is 0 Å². The summed E-state index contributed by atoms with van der Waals surface area (Å²) in [6.45, 7) is 2.13. The van der Waals surface area contributed by atoms with Gasteiger partial charge in [-0.1, -0.05) is 6.92 Å². The number of pyridine rings is 1. The molecule has 3 aromatic rings. The summed E-state index contributed by atoms with van der Waals surface area (Å²) in [4.78, 5) is 8.86. The van der Waals surface area contributed by atoms with E-state index in [4.69, 9.17) is 0 Å². The van der Waals surface area contributed by atoms with Gasteiger partial charge in [-0.05, 0) is 48.4 Å². The molecule has 0 radical (unpaired) electrons. The van der Waals surface area contributed by atoms with Crippen LogP contribution in [0.5, 0.6) is 0 Å². The van der Waals surface area contributed by atoms with Crippen LogP contribution >= 0.6 is 0 Å². The first kappa shape index (κ1) is 16.4. The molecule has 0 spiro atoms. The Hall–Kier alpha value is -2.47. The van der Waals surface area contributed by atoms with Gasteiger partial charge in [0, 0.05) is 36.6 Å². The van der Waals surface area contributed by atoms with E-state index in [9.17, 15) is 8.42 Å². The minimum Gasteiger partial charge on any atom is -0.324 e. The van der Waals surface area contributed by atoms with Gasteiger partial charge in [0.1, 0.15) is 5.82 Å². The predicted octanol–water partition coefficient (Wildman–Crippen LogP) is 3.35. The van der Waals surface area contributed by atoms with Crippen molar-refractivity contribution in [3.8, 4) is 11.4 Å². The minimum absolute atomic E-state index is 0.153. The minimum atomic E-state index is -3.20. The molecule has 6 heteroatoms. The maximum absolute atomic E-state index is 11.6. The van der Waals surface area contributed by atoms with E-state index in [1.54, 1.807) is 42.9 Å². The lowest BCUT2D eigenvalue weighted by Gasteiger charge is -2.20. The van der Waals surface area contributed by atoms with Gasteiger partial charge in [0.05, 0.1) is 10.9 Å². The summed E-state index contributed by atoms with van der Waals surface area (Å²) in [5.41, 5.74) is 2.06. The molecule has 0 amide bonds. The number of hydrogen-bond acceptors (Lipinski definition) is 4. The maximum atomic E-state index is 11.6. The van der Waals surface area contributed by atoms with Crippen molar-refractivity contribution in [1.29, 1.82) is 0 Å². The van der Waals surface area contributed by atoms with E-state index < -0.39 is 9.84 Å². The molecule has 124 valence electrons. The zero-order chi connectivity index (χ0) is 17.2. The van der Waals surface area contributed by atoms with Gasteiger partial charge in [-0.3, -0.25) is 4.98 Å². The third-order valence-electron chi connectivity index (χ3n) is 4.02. The number of benzene rings is 1. The SMILES string of the molecule is CC[C@H](c1ccncc1)n1ccnc1-c1ccc(S(C)(=O)=O)cc1. The molecule has 1 aromatic carbocycles. The van der Waals surface area contributed by atoms with E-state index in [-0.39, 0.29) is 6.04 Å². The highest BCUT2D eigenvalue weighted by molar-refractivity contribution is 7.90. The molecule has 24 heavy (non-hydrogen) atoms. The molecule has 0 saturated carbocycles. The summed E-state index contributed by atoms with van der Waals surface area (Å²) in [7, 11) is -3.20. The molecule has 0 aliphatic rings. The zero-order valence-electron chi connectivity index (χ0n) is 13.6. The Morgan fingerprint density at radius 2 is 1.71 bits per heavy atom. The van der Waals surface area contributed by atoms with Crippen LogP contribution in [0.2, 0.25) is 0 Å². The highest BCUT2D eigenvalue weighted by Crippen LogP contribution is 2.28. The molecule has 2 aromatic heterocycles. The van der Waals surface area contributed by atoms with Crippen LogP contribution in [0, 0.1) is 0 Å². The Balaban J connectivity index is 2.01. The number of hydrogen-bond donors (Lipinski definition) is 0. The van der Waals surface area contributed by atoms with Crippen LogP contribution in [0.15, 0.2) is 66.1 Å². The van der Waals surface area contributed by atoms with Crippen LogP contribution in [0.4, 0.5) is 0 Å². The van der Waals surface area contributed by atoms with Gasteiger partial charge in [-0.25, -0.2) is 13.4 Å². The fourth-order valence-electron chi connectivity index (χ4n) is 2.82. The first-order valence-electron chi connectivity index (χ1n) is 7.74. The number of rotatable bonds is 5. The summed E-state index contributed by atoms with van der Waals surface area (Å²) in [6, 6.07) is 11.0. The van der Waals surface area contributed by atoms with Gasteiger partial charge in [-0.15, -0.1) is 0 Å². The second-order valence-corrected chi connectivity index (χ2v) is 7.67. The van der Waals surface area contributed by atoms with E-state index >= 15 is 0 Å². The Bertz CT molecular complexity index is 916. The Kier molecular flexibility index (Phi) is 4.49. The summed E-state index contributed by atoms with van der Waals surface area (Å²) in [5, 5.41) is 0. The molecule has 0 aliphatic heterocycles.